The van der Waals surface area contributed by atoms with E-state index in [-0.39, 0.29) is 17.5 Å². The molecule has 1 N–H and O–H groups in total. The number of benzene rings is 4. The van der Waals surface area contributed by atoms with Gasteiger partial charge in [0.15, 0.2) is 11.6 Å². The molecule has 1 fully saturated rings. The average Bonchev–Trinajstić information content (AvgIpc) is 3.52. The summed E-state index contributed by atoms with van der Waals surface area (Å²) in [5, 5.41) is 3.07. The number of nitrogens with zero attached hydrogens (tertiary/aromatic N) is 1. The third-order valence-corrected chi connectivity index (χ3v) is 9.53. The minimum atomic E-state index is -1.40. The lowest BCUT2D eigenvalue weighted by atomic mass is 9.62. The van der Waals surface area contributed by atoms with Gasteiger partial charge in [0.05, 0.1) is 30.7 Å². The number of hydrogen-bond donors (Lipinski definition) is 1. The number of methoxy groups -OCH3 is 2. The number of carbonyl (C=O) groups is 3. The zero-order valence-corrected chi connectivity index (χ0v) is 25.0. The third-order valence-electron chi connectivity index (χ3n) is 8.91. The minimum absolute atomic E-state index is 0.271. The molecule has 8 heteroatoms. The Balaban J connectivity index is 1.52. The number of carbonyl (C=O) groups excluding carboxylic acids is 3. The second-order valence-corrected chi connectivity index (χ2v) is 11.7. The molecule has 3 aliphatic rings. The van der Waals surface area contributed by atoms with Gasteiger partial charge in [0.1, 0.15) is 23.0 Å². The molecular formula is C35H27BrN2O5. The predicted octanol–water partition coefficient (Wildman–Crippen LogP) is 6.45. The van der Waals surface area contributed by atoms with Crippen LogP contribution in [0.2, 0.25) is 0 Å². The van der Waals surface area contributed by atoms with Crippen molar-refractivity contribution in [2.24, 2.45) is 5.92 Å². The number of para-hydroxylation sites is 1. The van der Waals surface area contributed by atoms with Gasteiger partial charge < -0.3 is 19.7 Å². The Morgan fingerprint density at radius 3 is 2.42 bits per heavy atom. The molecule has 7 rings (SSSR count). The Hall–Kier alpha value is -4.69. The summed E-state index contributed by atoms with van der Waals surface area (Å²) in [5.41, 5.74) is 2.53. The van der Waals surface area contributed by atoms with Gasteiger partial charge in [-0.15, -0.1) is 0 Å². The highest BCUT2D eigenvalue weighted by Gasteiger charge is 2.70. The van der Waals surface area contributed by atoms with Crippen molar-refractivity contribution >= 4 is 45.2 Å². The van der Waals surface area contributed by atoms with Gasteiger partial charge in [-0.1, -0.05) is 54.6 Å². The van der Waals surface area contributed by atoms with Crippen LogP contribution < -0.4 is 14.8 Å². The first-order valence-electron chi connectivity index (χ1n) is 13.9. The van der Waals surface area contributed by atoms with E-state index in [4.69, 9.17) is 9.47 Å². The Morgan fingerprint density at radius 2 is 1.63 bits per heavy atom. The van der Waals surface area contributed by atoms with Crippen molar-refractivity contribution in [3.05, 3.63) is 129 Å². The normalized spacial score (nSPS) is 22.9. The van der Waals surface area contributed by atoms with Gasteiger partial charge in [0, 0.05) is 23.0 Å². The second kappa shape index (κ2) is 10.2. The number of ketones is 2. The molecular weight excluding hydrogens is 608 g/mol. The van der Waals surface area contributed by atoms with Gasteiger partial charge in [0.2, 0.25) is 5.91 Å². The van der Waals surface area contributed by atoms with E-state index in [1.165, 1.54) is 7.11 Å². The van der Waals surface area contributed by atoms with Crippen LogP contribution in [-0.4, -0.2) is 42.6 Å². The highest BCUT2D eigenvalue weighted by molar-refractivity contribution is 9.10. The van der Waals surface area contributed by atoms with E-state index in [1.807, 2.05) is 65.7 Å². The number of fused-ring (bicyclic) bond motifs is 6. The van der Waals surface area contributed by atoms with E-state index >= 15 is 0 Å². The fourth-order valence-electron chi connectivity index (χ4n) is 7.11. The molecule has 0 aliphatic carbocycles. The van der Waals surface area contributed by atoms with Crippen molar-refractivity contribution in [1.82, 2.24) is 4.90 Å². The lowest BCUT2D eigenvalue weighted by Crippen LogP contribution is -2.49. The third kappa shape index (κ3) is 3.89. The lowest BCUT2D eigenvalue weighted by Gasteiger charge is -2.38. The number of nitrogens with one attached hydrogen (secondary N) is 1. The molecule has 0 radical (unpaired) electrons. The molecule has 1 spiro atoms. The quantitative estimate of drug-likeness (QED) is 0.246. The van der Waals surface area contributed by atoms with Gasteiger partial charge in [-0.3, -0.25) is 14.4 Å². The zero-order chi connectivity index (χ0) is 29.9. The molecule has 0 saturated carbocycles. The first-order valence-corrected chi connectivity index (χ1v) is 14.7. The van der Waals surface area contributed by atoms with Crippen LogP contribution in [-0.2, 0) is 10.2 Å². The van der Waals surface area contributed by atoms with Crippen molar-refractivity contribution < 1.29 is 23.9 Å². The molecule has 4 aromatic carbocycles. The number of halogens is 1. The van der Waals surface area contributed by atoms with Crippen molar-refractivity contribution in [3.8, 4) is 11.5 Å². The number of hydrogen-bond acceptors (Lipinski definition) is 6. The average molecular weight is 636 g/mol. The molecule has 3 aliphatic heterocycles. The van der Waals surface area contributed by atoms with Crippen molar-refractivity contribution in [2.45, 2.75) is 17.5 Å². The first-order chi connectivity index (χ1) is 20.9. The molecule has 4 aromatic rings. The van der Waals surface area contributed by atoms with E-state index in [0.29, 0.717) is 38.3 Å². The van der Waals surface area contributed by atoms with Crippen molar-refractivity contribution in [2.75, 3.05) is 19.5 Å². The highest BCUT2D eigenvalue weighted by Crippen LogP contribution is 2.62. The zero-order valence-electron chi connectivity index (χ0n) is 23.4. The fraction of sp³-hybridized carbons (Fsp3) is 0.171. The molecule has 0 bridgehead atoms. The Bertz CT molecular complexity index is 1850. The summed E-state index contributed by atoms with van der Waals surface area (Å²) in [7, 11) is 3.10. The molecule has 0 unspecified atom stereocenters. The summed E-state index contributed by atoms with van der Waals surface area (Å²) in [6.07, 6.45) is 3.81. The molecule has 43 heavy (non-hydrogen) atoms. The standard InChI is InChI=1S/C35H27BrN2O5/c1-42-23-10-7-9-21(18-23)31(39)29-30(32(40)22-14-15-28(43-2)26(36)19-22)38-17-16-20-8-3-4-11-24(20)33(38)35(29)25-12-5-6-13-27(25)37-34(35)41/h3-19,29-30,33H,1-2H3,(H,37,41)/t29-,30+,33-,35+/m0/s1. The lowest BCUT2D eigenvalue weighted by molar-refractivity contribution is -0.122. The summed E-state index contributed by atoms with van der Waals surface area (Å²) >= 11 is 3.51. The number of amides is 1. The molecule has 0 aromatic heterocycles. The maximum Gasteiger partial charge on any atom is 0.238 e. The van der Waals surface area contributed by atoms with E-state index in [9.17, 15) is 14.4 Å². The Kier molecular flexibility index (Phi) is 6.47. The molecule has 1 saturated heterocycles. The summed E-state index contributed by atoms with van der Waals surface area (Å²) in [6, 6.07) is 25.7. The van der Waals surface area contributed by atoms with Crippen LogP contribution in [0.1, 0.15) is 43.4 Å². The number of rotatable bonds is 6. The molecule has 3 heterocycles. The van der Waals surface area contributed by atoms with Gasteiger partial charge in [0.25, 0.3) is 0 Å². The van der Waals surface area contributed by atoms with Crippen LogP contribution in [0.15, 0.2) is 102 Å². The summed E-state index contributed by atoms with van der Waals surface area (Å²) in [4.78, 5) is 46.2. The highest BCUT2D eigenvalue weighted by atomic mass is 79.9. The first kappa shape index (κ1) is 27.2. The largest absolute Gasteiger partial charge is 0.497 e. The number of ether oxygens (including phenoxy) is 2. The van der Waals surface area contributed by atoms with Crippen molar-refractivity contribution in [3.63, 3.8) is 0 Å². The second-order valence-electron chi connectivity index (χ2n) is 10.9. The maximum atomic E-state index is 14.9. The van der Waals surface area contributed by atoms with E-state index in [1.54, 1.807) is 49.6 Å². The van der Waals surface area contributed by atoms with Crippen LogP contribution in [0.5, 0.6) is 11.5 Å². The predicted molar refractivity (Wildman–Crippen MR) is 166 cm³/mol. The SMILES string of the molecule is COc1cccc(C(=O)[C@@H]2[C@H](C(=O)c3ccc(OC)c(Br)c3)N3C=Cc4ccccc4[C@H]3[C@]23C(=O)Nc2ccccc23)c1. The maximum absolute atomic E-state index is 14.9. The van der Waals surface area contributed by atoms with Crippen molar-refractivity contribution in [1.29, 1.82) is 0 Å². The fourth-order valence-corrected chi connectivity index (χ4v) is 7.65. The van der Waals surface area contributed by atoms with E-state index in [0.717, 1.165) is 11.1 Å². The topological polar surface area (TPSA) is 84.9 Å². The monoisotopic (exact) mass is 634 g/mol. The Morgan fingerprint density at radius 1 is 0.860 bits per heavy atom. The van der Waals surface area contributed by atoms with Gasteiger partial charge in [-0.25, -0.2) is 0 Å². The molecule has 1 amide bonds. The summed E-state index contributed by atoms with van der Waals surface area (Å²) in [6.45, 7) is 0. The minimum Gasteiger partial charge on any atom is -0.497 e. The van der Waals surface area contributed by atoms with Gasteiger partial charge in [-0.2, -0.15) is 0 Å². The van der Waals surface area contributed by atoms with Gasteiger partial charge in [-0.05, 0) is 75.1 Å². The number of anilines is 1. The van der Waals surface area contributed by atoms with Crippen LogP contribution in [0.4, 0.5) is 5.69 Å². The van der Waals surface area contributed by atoms with Crippen LogP contribution in [0.25, 0.3) is 6.08 Å². The molecule has 7 nitrogen and oxygen atoms in total. The van der Waals surface area contributed by atoms with Crippen LogP contribution >= 0.6 is 15.9 Å². The van der Waals surface area contributed by atoms with Crippen LogP contribution in [0, 0.1) is 5.92 Å². The van der Waals surface area contributed by atoms with E-state index in [2.05, 4.69) is 21.2 Å². The van der Waals surface area contributed by atoms with E-state index < -0.39 is 23.4 Å². The molecule has 4 atom stereocenters. The number of Topliss-reactive ketones (excluding diaryl/α,β-unsaturated/α-hetero) is 2. The summed E-state index contributed by atoms with van der Waals surface area (Å²) in [5.74, 6) is -0.861. The van der Waals surface area contributed by atoms with Gasteiger partial charge >= 0.3 is 0 Å². The molecule has 214 valence electrons. The smallest absolute Gasteiger partial charge is 0.238 e. The summed E-state index contributed by atoms with van der Waals surface area (Å²) < 4.78 is 11.5. The van der Waals surface area contributed by atoms with Crippen LogP contribution in [0.3, 0.4) is 0 Å². The Labute approximate surface area is 257 Å².